The molecule has 2 heterocycles. The summed E-state index contributed by atoms with van der Waals surface area (Å²) in [6.45, 7) is 3.37. The van der Waals surface area contributed by atoms with Gasteiger partial charge in [0.25, 0.3) is 0 Å². The third-order valence-electron chi connectivity index (χ3n) is 3.93. The SMILES string of the molecule is I.NC(=NCc1ccccn1)N1CCN(c2ccccc2F)CC1. The van der Waals surface area contributed by atoms with E-state index < -0.39 is 0 Å². The lowest BCUT2D eigenvalue weighted by molar-refractivity contribution is 0.378. The summed E-state index contributed by atoms with van der Waals surface area (Å²) < 4.78 is 13.8. The summed E-state index contributed by atoms with van der Waals surface area (Å²) in [5.41, 5.74) is 7.60. The maximum atomic E-state index is 13.8. The first-order valence-corrected chi connectivity index (χ1v) is 7.68. The van der Waals surface area contributed by atoms with Crippen LogP contribution in [0, 0.1) is 5.82 Å². The molecule has 5 nitrogen and oxygen atoms in total. The van der Waals surface area contributed by atoms with Gasteiger partial charge in [-0.3, -0.25) is 4.98 Å². The highest BCUT2D eigenvalue weighted by Crippen LogP contribution is 2.20. The van der Waals surface area contributed by atoms with Crippen molar-refractivity contribution in [2.75, 3.05) is 31.1 Å². The first-order chi connectivity index (χ1) is 11.2. The third kappa shape index (κ3) is 4.56. The standard InChI is InChI=1S/C17H20FN5.HI/c18-15-6-1-2-7-16(15)22-9-11-23(12-10-22)17(19)21-13-14-5-3-4-8-20-14;/h1-8H,9-13H2,(H2,19,21);1H. The van der Waals surface area contributed by atoms with Crippen molar-refractivity contribution in [3.8, 4) is 0 Å². The van der Waals surface area contributed by atoms with E-state index in [1.54, 1.807) is 12.3 Å². The summed E-state index contributed by atoms with van der Waals surface area (Å²) in [6, 6.07) is 12.6. The third-order valence-corrected chi connectivity index (χ3v) is 3.93. The van der Waals surface area contributed by atoms with Gasteiger partial charge < -0.3 is 15.5 Å². The van der Waals surface area contributed by atoms with E-state index in [1.165, 1.54) is 6.07 Å². The van der Waals surface area contributed by atoms with Gasteiger partial charge in [-0.1, -0.05) is 18.2 Å². The van der Waals surface area contributed by atoms with Crippen molar-refractivity contribution in [3.05, 3.63) is 60.2 Å². The fraction of sp³-hybridized carbons (Fsp3) is 0.294. The van der Waals surface area contributed by atoms with E-state index in [4.69, 9.17) is 5.73 Å². The number of piperazine rings is 1. The van der Waals surface area contributed by atoms with Gasteiger partial charge >= 0.3 is 0 Å². The van der Waals surface area contributed by atoms with Gasteiger partial charge in [-0.15, -0.1) is 24.0 Å². The lowest BCUT2D eigenvalue weighted by Gasteiger charge is -2.36. The Balaban J connectivity index is 0.00000208. The van der Waals surface area contributed by atoms with Crippen LogP contribution in [0.15, 0.2) is 53.7 Å². The Labute approximate surface area is 158 Å². The van der Waals surface area contributed by atoms with Gasteiger partial charge in [-0.2, -0.15) is 0 Å². The van der Waals surface area contributed by atoms with E-state index in [2.05, 4.69) is 9.98 Å². The molecule has 2 N–H and O–H groups in total. The maximum Gasteiger partial charge on any atom is 0.191 e. The summed E-state index contributed by atoms with van der Waals surface area (Å²) in [7, 11) is 0. The maximum absolute atomic E-state index is 13.8. The van der Waals surface area contributed by atoms with Crippen molar-refractivity contribution in [3.63, 3.8) is 0 Å². The molecule has 1 aromatic heterocycles. The van der Waals surface area contributed by atoms with Gasteiger partial charge in [0.05, 0.1) is 17.9 Å². The summed E-state index contributed by atoms with van der Waals surface area (Å²) in [5.74, 6) is 0.335. The quantitative estimate of drug-likeness (QED) is 0.452. The van der Waals surface area contributed by atoms with Crippen molar-refractivity contribution in [1.82, 2.24) is 9.88 Å². The number of pyridine rings is 1. The van der Waals surface area contributed by atoms with Crippen LogP contribution in [-0.2, 0) is 6.54 Å². The van der Waals surface area contributed by atoms with Gasteiger partial charge in [0.2, 0.25) is 0 Å². The Morgan fingerprint density at radius 2 is 1.79 bits per heavy atom. The molecule has 0 atom stereocenters. The van der Waals surface area contributed by atoms with Crippen LogP contribution in [0.5, 0.6) is 0 Å². The van der Waals surface area contributed by atoms with Crippen LogP contribution in [0.4, 0.5) is 10.1 Å². The van der Waals surface area contributed by atoms with Gasteiger partial charge in [0, 0.05) is 32.4 Å². The molecule has 3 rings (SSSR count). The fourth-order valence-electron chi connectivity index (χ4n) is 2.64. The molecule has 128 valence electrons. The molecule has 0 radical (unpaired) electrons. The van der Waals surface area contributed by atoms with E-state index in [0.29, 0.717) is 18.2 Å². The average Bonchev–Trinajstić information content (AvgIpc) is 2.61. The van der Waals surface area contributed by atoms with E-state index in [9.17, 15) is 4.39 Å². The number of halogens is 2. The number of nitrogens with two attached hydrogens (primary N) is 1. The highest BCUT2D eigenvalue weighted by atomic mass is 127. The molecule has 1 aliphatic heterocycles. The normalized spacial score (nSPS) is 15.1. The zero-order chi connectivity index (χ0) is 16.1. The Hall–Kier alpha value is -1.90. The molecule has 24 heavy (non-hydrogen) atoms. The molecule has 0 amide bonds. The van der Waals surface area contributed by atoms with E-state index in [1.807, 2.05) is 40.1 Å². The first-order valence-electron chi connectivity index (χ1n) is 7.68. The first kappa shape index (κ1) is 18.4. The molecule has 0 unspecified atom stereocenters. The highest BCUT2D eigenvalue weighted by Gasteiger charge is 2.20. The molecule has 1 aromatic carbocycles. The molecule has 1 aliphatic rings. The van der Waals surface area contributed by atoms with Crippen LogP contribution in [0.2, 0.25) is 0 Å². The topological polar surface area (TPSA) is 57.8 Å². The predicted octanol–water partition coefficient (Wildman–Crippen LogP) is 2.48. The van der Waals surface area contributed by atoms with Gasteiger partial charge in [0.1, 0.15) is 5.82 Å². The molecule has 2 aromatic rings. The lowest BCUT2D eigenvalue weighted by Crippen LogP contribution is -2.51. The molecule has 7 heteroatoms. The summed E-state index contributed by atoms with van der Waals surface area (Å²) in [6.07, 6.45) is 1.74. The van der Waals surface area contributed by atoms with Crippen LogP contribution >= 0.6 is 24.0 Å². The second-order valence-electron chi connectivity index (χ2n) is 5.42. The number of para-hydroxylation sites is 1. The average molecular weight is 441 g/mol. The summed E-state index contributed by atoms with van der Waals surface area (Å²) in [4.78, 5) is 12.7. The predicted molar refractivity (Wildman–Crippen MR) is 105 cm³/mol. The number of guanidine groups is 1. The Morgan fingerprint density at radius 1 is 1.08 bits per heavy atom. The molecule has 1 fully saturated rings. The molecule has 0 saturated carbocycles. The lowest BCUT2D eigenvalue weighted by atomic mass is 10.2. The number of nitrogens with zero attached hydrogens (tertiary/aromatic N) is 4. The smallest absolute Gasteiger partial charge is 0.191 e. The number of rotatable bonds is 3. The molecule has 1 saturated heterocycles. The largest absolute Gasteiger partial charge is 0.370 e. The van der Waals surface area contributed by atoms with E-state index >= 15 is 0 Å². The Bertz CT molecular complexity index is 672. The zero-order valence-corrected chi connectivity index (χ0v) is 15.6. The van der Waals surface area contributed by atoms with E-state index in [-0.39, 0.29) is 29.8 Å². The van der Waals surface area contributed by atoms with Crippen LogP contribution in [0.25, 0.3) is 0 Å². The van der Waals surface area contributed by atoms with Crippen LogP contribution in [0.1, 0.15) is 5.69 Å². The van der Waals surface area contributed by atoms with Crippen LogP contribution < -0.4 is 10.6 Å². The highest BCUT2D eigenvalue weighted by molar-refractivity contribution is 14.0. The number of aliphatic imine (C=N–C) groups is 1. The Kier molecular flexibility index (Phi) is 6.77. The van der Waals surface area contributed by atoms with Crippen LogP contribution in [0.3, 0.4) is 0 Å². The molecular formula is C17H21FIN5. The number of aromatic nitrogens is 1. The fourth-order valence-corrected chi connectivity index (χ4v) is 2.64. The van der Waals surface area contributed by atoms with Gasteiger partial charge in [-0.05, 0) is 24.3 Å². The second kappa shape index (κ2) is 8.81. The van der Waals surface area contributed by atoms with Gasteiger partial charge in [0.15, 0.2) is 5.96 Å². The van der Waals surface area contributed by atoms with Crippen molar-refractivity contribution < 1.29 is 4.39 Å². The minimum absolute atomic E-state index is 0. The Morgan fingerprint density at radius 3 is 2.46 bits per heavy atom. The monoisotopic (exact) mass is 441 g/mol. The minimum atomic E-state index is -0.183. The number of anilines is 1. The zero-order valence-electron chi connectivity index (χ0n) is 13.3. The molecule has 0 aliphatic carbocycles. The number of hydrogen-bond donors (Lipinski definition) is 1. The van der Waals surface area contributed by atoms with Crippen molar-refractivity contribution in [2.45, 2.75) is 6.54 Å². The molecular weight excluding hydrogens is 420 g/mol. The molecule has 0 spiro atoms. The number of hydrogen-bond acceptors (Lipinski definition) is 3. The van der Waals surface area contributed by atoms with Gasteiger partial charge in [-0.25, -0.2) is 9.38 Å². The summed E-state index contributed by atoms with van der Waals surface area (Å²) >= 11 is 0. The minimum Gasteiger partial charge on any atom is -0.370 e. The van der Waals surface area contributed by atoms with Crippen LogP contribution in [-0.4, -0.2) is 42.0 Å². The van der Waals surface area contributed by atoms with Crippen molar-refractivity contribution in [2.24, 2.45) is 10.7 Å². The number of benzene rings is 1. The second-order valence-corrected chi connectivity index (χ2v) is 5.42. The van der Waals surface area contributed by atoms with E-state index in [0.717, 1.165) is 31.9 Å². The van der Waals surface area contributed by atoms with Crippen molar-refractivity contribution >= 4 is 35.6 Å². The summed E-state index contributed by atoms with van der Waals surface area (Å²) in [5, 5.41) is 0. The molecule has 0 bridgehead atoms. The van der Waals surface area contributed by atoms with Crippen molar-refractivity contribution in [1.29, 1.82) is 0 Å².